The van der Waals surface area contributed by atoms with Crippen LogP contribution in [0, 0.1) is 0 Å². The van der Waals surface area contributed by atoms with Crippen molar-refractivity contribution in [1.82, 2.24) is 29.7 Å². The molecule has 1 aliphatic rings. The maximum absolute atomic E-state index is 12.4. The van der Waals surface area contributed by atoms with Gasteiger partial charge in [0.25, 0.3) is 5.91 Å². The number of benzene rings is 1. The van der Waals surface area contributed by atoms with Crippen LogP contribution in [0.4, 0.5) is 0 Å². The molecule has 1 aromatic carbocycles. The first-order valence-corrected chi connectivity index (χ1v) is 9.91. The highest BCUT2D eigenvalue weighted by Gasteiger charge is 2.15. The third-order valence-electron chi connectivity index (χ3n) is 5.04. The van der Waals surface area contributed by atoms with Gasteiger partial charge in [-0.15, -0.1) is 0 Å². The van der Waals surface area contributed by atoms with Crippen LogP contribution in [-0.2, 0) is 11.3 Å². The number of hydrogen-bond acceptors (Lipinski definition) is 7. The Morgan fingerprint density at radius 3 is 2.90 bits per heavy atom. The minimum atomic E-state index is -0.274. The van der Waals surface area contributed by atoms with E-state index in [1.807, 2.05) is 6.07 Å². The molecule has 3 aromatic rings. The van der Waals surface area contributed by atoms with E-state index in [9.17, 15) is 9.59 Å². The zero-order chi connectivity index (χ0) is 20.9. The Hall–Kier alpha value is -3.08. The zero-order valence-corrected chi connectivity index (χ0v) is 16.5. The van der Waals surface area contributed by atoms with Crippen LogP contribution in [0.3, 0.4) is 0 Å². The molecule has 10 heteroatoms. The van der Waals surface area contributed by atoms with E-state index in [0.717, 1.165) is 25.2 Å². The van der Waals surface area contributed by atoms with E-state index in [2.05, 4.69) is 25.2 Å². The fraction of sp³-hybridized carbons (Fsp3) is 0.400. The molecule has 10 nitrogen and oxygen atoms in total. The number of imidazole rings is 1. The van der Waals surface area contributed by atoms with Gasteiger partial charge in [0.05, 0.1) is 31.7 Å². The summed E-state index contributed by atoms with van der Waals surface area (Å²) < 4.78 is 6.96. The van der Waals surface area contributed by atoms with Crippen molar-refractivity contribution >= 4 is 17.2 Å². The predicted octanol–water partition coefficient (Wildman–Crippen LogP) is -0.159. The number of nitrogens with zero attached hydrogens (tertiary/aromatic N) is 4. The fourth-order valence-electron chi connectivity index (χ4n) is 3.42. The molecule has 0 unspecified atom stereocenters. The molecular formula is C20H24N6O4. The predicted molar refractivity (Wildman–Crippen MR) is 110 cm³/mol. The van der Waals surface area contributed by atoms with Gasteiger partial charge in [0.1, 0.15) is 0 Å². The quantitative estimate of drug-likeness (QED) is 0.492. The largest absolute Gasteiger partial charge is 0.395 e. The Kier molecular flexibility index (Phi) is 6.17. The molecule has 1 saturated heterocycles. The zero-order valence-electron chi connectivity index (χ0n) is 16.5. The lowest BCUT2D eigenvalue weighted by atomic mass is 10.1. The molecule has 0 saturated carbocycles. The number of hydrogen-bond donors (Lipinski definition) is 3. The highest BCUT2D eigenvalue weighted by atomic mass is 16.5. The van der Waals surface area contributed by atoms with Crippen LogP contribution in [-0.4, -0.2) is 81.4 Å². The van der Waals surface area contributed by atoms with Gasteiger partial charge in [-0.05, 0) is 12.1 Å². The number of carbonyl (C=O) groups is 1. The number of aliphatic hydroxyl groups is 1. The number of aromatic amines is 1. The lowest BCUT2D eigenvalue weighted by molar-refractivity contribution is 0.0364. The maximum atomic E-state index is 12.4. The SMILES string of the molecule is O=C(NCCO)c1cccc(-c2cnc3[nH]c(=O)n(CCN4CCOCC4)c3n2)c1. The van der Waals surface area contributed by atoms with Gasteiger partial charge in [0, 0.05) is 43.9 Å². The molecule has 0 spiro atoms. The lowest BCUT2D eigenvalue weighted by Gasteiger charge is -2.26. The van der Waals surface area contributed by atoms with E-state index in [0.29, 0.717) is 42.3 Å². The molecule has 1 aliphatic heterocycles. The summed E-state index contributed by atoms with van der Waals surface area (Å²) in [6, 6.07) is 7.00. The van der Waals surface area contributed by atoms with E-state index in [1.165, 1.54) is 0 Å². The lowest BCUT2D eigenvalue weighted by Crippen LogP contribution is -2.39. The highest BCUT2D eigenvalue weighted by molar-refractivity contribution is 5.95. The number of morpholine rings is 1. The summed E-state index contributed by atoms with van der Waals surface area (Å²) in [5.41, 5.74) is 2.42. The van der Waals surface area contributed by atoms with E-state index < -0.39 is 0 Å². The molecule has 0 aliphatic carbocycles. The van der Waals surface area contributed by atoms with Crippen molar-refractivity contribution in [3.05, 3.63) is 46.5 Å². The topological polar surface area (TPSA) is 125 Å². The summed E-state index contributed by atoms with van der Waals surface area (Å²) in [6.45, 7) is 4.39. The molecule has 1 amide bonds. The molecule has 3 N–H and O–H groups in total. The van der Waals surface area contributed by atoms with E-state index in [1.54, 1.807) is 29.0 Å². The number of rotatable bonds is 7. The number of aromatic nitrogens is 4. The van der Waals surface area contributed by atoms with Crippen molar-refractivity contribution in [2.24, 2.45) is 0 Å². The van der Waals surface area contributed by atoms with Crippen molar-refractivity contribution in [2.45, 2.75) is 6.54 Å². The molecular weight excluding hydrogens is 388 g/mol. The van der Waals surface area contributed by atoms with Crippen LogP contribution in [0.15, 0.2) is 35.3 Å². The van der Waals surface area contributed by atoms with Crippen LogP contribution in [0.25, 0.3) is 22.6 Å². The second-order valence-electron chi connectivity index (χ2n) is 7.02. The number of ether oxygens (including phenoxy) is 1. The van der Waals surface area contributed by atoms with Crippen molar-refractivity contribution in [3.8, 4) is 11.3 Å². The molecule has 3 heterocycles. The van der Waals surface area contributed by atoms with Gasteiger partial charge in [0.15, 0.2) is 11.3 Å². The minimum absolute atomic E-state index is 0.122. The van der Waals surface area contributed by atoms with Gasteiger partial charge in [-0.25, -0.2) is 14.8 Å². The molecule has 1 fully saturated rings. The van der Waals surface area contributed by atoms with Crippen molar-refractivity contribution in [3.63, 3.8) is 0 Å². The number of carbonyl (C=O) groups excluding carboxylic acids is 1. The molecule has 0 bridgehead atoms. The highest BCUT2D eigenvalue weighted by Crippen LogP contribution is 2.19. The number of H-pyrrole nitrogens is 1. The summed E-state index contributed by atoms with van der Waals surface area (Å²) >= 11 is 0. The van der Waals surface area contributed by atoms with E-state index in [4.69, 9.17) is 9.84 Å². The average Bonchev–Trinajstić information content (AvgIpc) is 3.11. The van der Waals surface area contributed by atoms with E-state index in [-0.39, 0.29) is 24.7 Å². The van der Waals surface area contributed by atoms with Crippen LogP contribution in [0.1, 0.15) is 10.4 Å². The van der Waals surface area contributed by atoms with Gasteiger partial charge in [0.2, 0.25) is 0 Å². The Labute approximate surface area is 172 Å². The van der Waals surface area contributed by atoms with Crippen LogP contribution in [0.2, 0.25) is 0 Å². The fourth-order valence-corrected chi connectivity index (χ4v) is 3.42. The van der Waals surface area contributed by atoms with Gasteiger partial charge in [-0.1, -0.05) is 12.1 Å². The first kappa shape index (κ1) is 20.2. The number of amides is 1. The number of aliphatic hydroxyl groups excluding tert-OH is 1. The monoisotopic (exact) mass is 412 g/mol. The summed E-state index contributed by atoms with van der Waals surface area (Å²) in [5.74, 6) is -0.274. The van der Waals surface area contributed by atoms with Gasteiger partial charge >= 0.3 is 5.69 Å². The smallest absolute Gasteiger partial charge is 0.328 e. The molecule has 30 heavy (non-hydrogen) atoms. The van der Waals surface area contributed by atoms with Crippen molar-refractivity contribution in [2.75, 3.05) is 46.0 Å². The summed E-state index contributed by atoms with van der Waals surface area (Å²) in [6.07, 6.45) is 1.58. The molecule has 2 aromatic heterocycles. The molecule has 0 radical (unpaired) electrons. The molecule has 0 atom stereocenters. The maximum Gasteiger partial charge on any atom is 0.328 e. The first-order chi connectivity index (χ1) is 14.7. The molecule has 4 rings (SSSR count). The van der Waals surface area contributed by atoms with Crippen molar-refractivity contribution in [1.29, 1.82) is 0 Å². The van der Waals surface area contributed by atoms with E-state index >= 15 is 0 Å². The summed E-state index contributed by atoms with van der Waals surface area (Å²) in [7, 11) is 0. The number of fused-ring (bicyclic) bond motifs is 1. The number of nitrogens with one attached hydrogen (secondary N) is 2. The minimum Gasteiger partial charge on any atom is -0.395 e. The van der Waals surface area contributed by atoms with Crippen LogP contribution < -0.4 is 11.0 Å². The Morgan fingerprint density at radius 1 is 1.27 bits per heavy atom. The second-order valence-corrected chi connectivity index (χ2v) is 7.02. The standard InChI is InChI=1S/C20H24N6O4/c27-9-4-21-19(28)15-3-1-2-14(12-15)16-13-22-17-18(23-16)26(20(29)24-17)6-5-25-7-10-30-11-8-25/h1-3,12-13,27H,4-11H2,(H,21,28)(H,22,24,29). The Balaban J connectivity index is 1.60. The summed E-state index contributed by atoms with van der Waals surface area (Å²) in [4.78, 5) is 38.6. The average molecular weight is 412 g/mol. The molecule has 158 valence electrons. The Morgan fingerprint density at radius 2 is 2.10 bits per heavy atom. The Bertz CT molecular complexity index is 1090. The van der Waals surface area contributed by atoms with Crippen molar-refractivity contribution < 1.29 is 14.6 Å². The van der Waals surface area contributed by atoms with Crippen LogP contribution in [0.5, 0.6) is 0 Å². The summed E-state index contributed by atoms with van der Waals surface area (Å²) in [5, 5.41) is 11.5. The van der Waals surface area contributed by atoms with Gasteiger partial charge in [-0.3, -0.25) is 19.2 Å². The third-order valence-corrected chi connectivity index (χ3v) is 5.04. The van der Waals surface area contributed by atoms with Gasteiger partial charge in [-0.2, -0.15) is 0 Å². The normalized spacial score (nSPS) is 14.8. The third kappa shape index (κ3) is 4.40. The first-order valence-electron chi connectivity index (χ1n) is 9.91. The van der Waals surface area contributed by atoms with Crippen LogP contribution >= 0.6 is 0 Å². The van der Waals surface area contributed by atoms with Gasteiger partial charge < -0.3 is 15.2 Å². The second kappa shape index (κ2) is 9.16.